The minimum atomic E-state index is -0.488. The van der Waals surface area contributed by atoms with Crippen LogP contribution in [0.5, 0.6) is 5.75 Å². The van der Waals surface area contributed by atoms with Gasteiger partial charge in [-0.1, -0.05) is 72.4 Å². The lowest BCUT2D eigenvalue weighted by atomic mass is 10.1. The van der Waals surface area contributed by atoms with E-state index in [0.29, 0.717) is 33.0 Å². The van der Waals surface area contributed by atoms with Gasteiger partial charge in [0.25, 0.3) is 5.91 Å². The number of hydrogen-bond acceptors (Lipinski definition) is 7. The number of carbonyl (C=O) groups is 2. The van der Waals surface area contributed by atoms with E-state index in [1.807, 2.05) is 36.4 Å². The van der Waals surface area contributed by atoms with E-state index in [4.69, 9.17) is 10.1 Å². The number of hydrogen-bond donors (Lipinski definition) is 1. The summed E-state index contributed by atoms with van der Waals surface area (Å²) >= 11 is 2.59. The maximum atomic E-state index is 12.6. The van der Waals surface area contributed by atoms with Crippen molar-refractivity contribution in [2.75, 3.05) is 0 Å². The van der Waals surface area contributed by atoms with E-state index in [1.54, 1.807) is 59.5 Å². The number of thioether (sulfide) groups is 1. The Morgan fingerprint density at radius 1 is 1.00 bits per heavy atom. The number of nitrogens with one attached hydrogen (secondary N) is 1. The number of carbonyl (C=O) groups excluding carboxylic acids is 2. The molecule has 2 heterocycles. The van der Waals surface area contributed by atoms with Crippen LogP contribution in [0.2, 0.25) is 0 Å². The van der Waals surface area contributed by atoms with Crippen molar-refractivity contribution in [3.05, 3.63) is 107 Å². The lowest BCUT2D eigenvalue weighted by Crippen LogP contribution is -2.41. The average Bonchev–Trinajstić information content (AvgIpc) is 3.30. The van der Waals surface area contributed by atoms with Crippen molar-refractivity contribution in [3.63, 3.8) is 0 Å². The molecule has 0 radical (unpaired) electrons. The zero-order chi connectivity index (χ0) is 24.2. The molecule has 3 aromatic carbocycles. The fourth-order valence-electron chi connectivity index (χ4n) is 3.36. The first-order chi connectivity index (χ1) is 17.1. The summed E-state index contributed by atoms with van der Waals surface area (Å²) in [5.41, 5.74) is 2.44. The molecule has 0 aliphatic carbocycles. The molecule has 0 saturated carbocycles. The molecule has 3 aromatic rings. The number of nitrogens with zero attached hydrogens (tertiary/aromatic N) is 3. The standard InChI is InChI=1S/C26H18N4O3S2/c27-22-21(15-17-11-13-20(14-12-17)33-24(32)19-9-5-2-6-10-19)23(31)28-25-30(22)26(29-35-25)34-16-18-7-3-1-4-8-18/h1-15,27H,16H2/b21-15+,27-22?. The Morgan fingerprint density at radius 2 is 1.69 bits per heavy atom. The van der Waals surface area contributed by atoms with Crippen LogP contribution in [-0.4, -0.2) is 32.9 Å². The normalized spacial score (nSPS) is 16.1. The van der Waals surface area contributed by atoms with Gasteiger partial charge in [-0.2, -0.15) is 9.39 Å². The molecule has 0 bridgehead atoms. The van der Waals surface area contributed by atoms with Crippen molar-refractivity contribution in [3.8, 4) is 5.75 Å². The van der Waals surface area contributed by atoms with Crippen LogP contribution < -0.4 is 4.74 Å². The van der Waals surface area contributed by atoms with Gasteiger partial charge in [-0.15, -0.1) is 0 Å². The van der Waals surface area contributed by atoms with Gasteiger partial charge in [0, 0.05) is 5.75 Å². The lowest BCUT2D eigenvalue weighted by Gasteiger charge is -2.24. The zero-order valence-electron chi connectivity index (χ0n) is 18.3. The molecular formula is C26H18N4O3S2. The molecule has 0 aromatic heterocycles. The molecule has 0 unspecified atom stereocenters. The number of benzene rings is 3. The second-order valence-corrected chi connectivity index (χ2v) is 9.18. The van der Waals surface area contributed by atoms with Crippen molar-refractivity contribution in [2.24, 2.45) is 9.39 Å². The number of ether oxygens (including phenoxy) is 1. The van der Waals surface area contributed by atoms with Crippen molar-refractivity contribution >= 4 is 57.8 Å². The molecule has 5 rings (SSSR count). The summed E-state index contributed by atoms with van der Waals surface area (Å²) in [4.78, 5) is 30.6. The highest BCUT2D eigenvalue weighted by molar-refractivity contribution is 8.18. The number of aliphatic imine (C=N–C) groups is 1. The van der Waals surface area contributed by atoms with Gasteiger partial charge in [0.15, 0.2) is 5.17 Å². The number of rotatable bonds is 5. The number of esters is 1. The van der Waals surface area contributed by atoms with E-state index in [9.17, 15) is 9.59 Å². The highest BCUT2D eigenvalue weighted by Gasteiger charge is 2.37. The molecule has 35 heavy (non-hydrogen) atoms. The first-order valence-corrected chi connectivity index (χ1v) is 12.4. The highest BCUT2D eigenvalue weighted by Crippen LogP contribution is 2.33. The molecule has 9 heteroatoms. The van der Waals surface area contributed by atoms with Gasteiger partial charge in [-0.3, -0.25) is 10.2 Å². The minimum Gasteiger partial charge on any atom is -0.423 e. The first-order valence-electron chi connectivity index (χ1n) is 10.6. The summed E-state index contributed by atoms with van der Waals surface area (Å²) < 4.78 is 9.81. The van der Waals surface area contributed by atoms with Crippen molar-refractivity contribution < 1.29 is 14.3 Å². The molecule has 2 aliphatic rings. The summed E-state index contributed by atoms with van der Waals surface area (Å²) in [5.74, 6) is 0.165. The molecule has 1 N–H and O–H groups in total. The number of amidine groups is 3. The molecule has 0 saturated heterocycles. The van der Waals surface area contributed by atoms with E-state index in [2.05, 4.69) is 9.39 Å². The quantitative estimate of drug-likeness (QED) is 0.219. The number of fused-ring (bicyclic) bond motifs is 1. The molecule has 0 atom stereocenters. The Balaban J connectivity index is 1.30. The monoisotopic (exact) mass is 498 g/mol. The topological polar surface area (TPSA) is 95.2 Å². The van der Waals surface area contributed by atoms with E-state index < -0.39 is 11.9 Å². The second kappa shape index (κ2) is 10.1. The van der Waals surface area contributed by atoms with E-state index >= 15 is 0 Å². The lowest BCUT2D eigenvalue weighted by molar-refractivity contribution is -0.114. The summed E-state index contributed by atoms with van der Waals surface area (Å²) in [6.07, 6.45) is 1.61. The summed E-state index contributed by atoms with van der Waals surface area (Å²) in [7, 11) is 0. The third-order valence-electron chi connectivity index (χ3n) is 5.12. The predicted octanol–water partition coefficient (Wildman–Crippen LogP) is 5.42. The molecule has 2 aliphatic heterocycles. The van der Waals surface area contributed by atoms with Gasteiger partial charge >= 0.3 is 5.97 Å². The fraction of sp³-hybridized carbons (Fsp3) is 0.0385. The smallest absolute Gasteiger partial charge is 0.343 e. The van der Waals surface area contributed by atoms with Gasteiger partial charge in [0.2, 0.25) is 5.17 Å². The molecule has 0 fully saturated rings. The molecule has 172 valence electrons. The predicted molar refractivity (Wildman–Crippen MR) is 141 cm³/mol. The Bertz CT molecular complexity index is 1390. The van der Waals surface area contributed by atoms with Crippen LogP contribution in [0, 0.1) is 5.41 Å². The van der Waals surface area contributed by atoms with Crippen LogP contribution in [-0.2, 0) is 10.5 Å². The van der Waals surface area contributed by atoms with Gasteiger partial charge in [0.05, 0.1) is 23.1 Å². The Labute approximate surface area is 210 Å². The molecule has 0 spiro atoms. The largest absolute Gasteiger partial charge is 0.423 e. The summed E-state index contributed by atoms with van der Waals surface area (Å²) in [6.45, 7) is 0. The summed E-state index contributed by atoms with van der Waals surface area (Å²) in [5, 5.41) is 9.68. The Morgan fingerprint density at radius 3 is 2.40 bits per heavy atom. The van der Waals surface area contributed by atoms with E-state index in [-0.39, 0.29) is 11.4 Å². The highest BCUT2D eigenvalue weighted by atomic mass is 32.2. The van der Waals surface area contributed by atoms with E-state index in [0.717, 1.165) is 17.5 Å². The van der Waals surface area contributed by atoms with Gasteiger partial charge < -0.3 is 4.74 Å². The van der Waals surface area contributed by atoms with Crippen LogP contribution in [0.15, 0.2) is 99.9 Å². The van der Waals surface area contributed by atoms with Crippen LogP contribution in [0.3, 0.4) is 0 Å². The van der Waals surface area contributed by atoms with Crippen molar-refractivity contribution in [1.82, 2.24) is 4.90 Å². The van der Waals surface area contributed by atoms with E-state index in [1.165, 1.54) is 11.8 Å². The molecule has 1 amide bonds. The summed E-state index contributed by atoms with van der Waals surface area (Å²) in [6, 6.07) is 25.4. The van der Waals surface area contributed by atoms with Crippen LogP contribution in [0.25, 0.3) is 6.08 Å². The third-order valence-corrected chi connectivity index (χ3v) is 6.94. The third kappa shape index (κ3) is 5.11. The SMILES string of the molecule is N=C1/C(=C\c2ccc(OC(=O)c3ccccc3)cc2)C(=O)N=C2SN=C(SCc3ccccc3)N12. The van der Waals surface area contributed by atoms with Gasteiger partial charge in [0.1, 0.15) is 11.6 Å². The Kier molecular flexibility index (Phi) is 6.60. The number of amides is 1. The second-order valence-electron chi connectivity index (χ2n) is 7.51. The maximum absolute atomic E-state index is 12.6. The minimum absolute atomic E-state index is 0.0314. The maximum Gasteiger partial charge on any atom is 0.343 e. The molecular weight excluding hydrogens is 480 g/mol. The van der Waals surface area contributed by atoms with Crippen molar-refractivity contribution in [1.29, 1.82) is 5.41 Å². The fourth-order valence-corrected chi connectivity index (χ4v) is 5.16. The molecule has 7 nitrogen and oxygen atoms in total. The van der Waals surface area contributed by atoms with Crippen molar-refractivity contribution in [2.45, 2.75) is 5.75 Å². The van der Waals surface area contributed by atoms with Crippen LogP contribution in [0.4, 0.5) is 0 Å². The van der Waals surface area contributed by atoms with Crippen LogP contribution >= 0.6 is 23.7 Å². The Hall–Kier alpha value is -3.95. The zero-order valence-corrected chi connectivity index (χ0v) is 19.9. The first kappa shape index (κ1) is 22.8. The average molecular weight is 499 g/mol. The van der Waals surface area contributed by atoms with Gasteiger partial charge in [-0.05, 0) is 41.5 Å². The van der Waals surface area contributed by atoms with Crippen LogP contribution in [0.1, 0.15) is 21.5 Å². The van der Waals surface area contributed by atoms with Gasteiger partial charge in [-0.25, -0.2) is 9.69 Å².